The number of halogens is 1. The summed E-state index contributed by atoms with van der Waals surface area (Å²) < 4.78 is 0. The summed E-state index contributed by atoms with van der Waals surface area (Å²) in [6, 6.07) is 4.42. The third kappa shape index (κ3) is 3.21. The molecule has 1 fully saturated rings. The number of benzene rings is 1. The monoisotopic (exact) mass is 281 g/mol. The molecule has 1 aromatic carbocycles. The van der Waals surface area contributed by atoms with E-state index in [1.807, 2.05) is 0 Å². The molecule has 1 aliphatic carbocycles. The van der Waals surface area contributed by atoms with Crippen molar-refractivity contribution < 1.29 is 9.90 Å². The van der Waals surface area contributed by atoms with Crippen LogP contribution < -0.4 is 5.32 Å². The van der Waals surface area contributed by atoms with Gasteiger partial charge in [0.15, 0.2) is 0 Å². The molecule has 104 valence electrons. The second-order valence-corrected chi connectivity index (χ2v) is 5.81. The van der Waals surface area contributed by atoms with Gasteiger partial charge < -0.3 is 10.4 Å². The van der Waals surface area contributed by atoms with Crippen molar-refractivity contribution in [3.8, 4) is 5.75 Å². The number of hydrogen-bond acceptors (Lipinski definition) is 2. The van der Waals surface area contributed by atoms with Crippen molar-refractivity contribution in [3.05, 3.63) is 28.8 Å². The van der Waals surface area contributed by atoms with Gasteiger partial charge in [0.25, 0.3) is 5.91 Å². The lowest BCUT2D eigenvalue weighted by Crippen LogP contribution is -2.35. The van der Waals surface area contributed by atoms with Crippen LogP contribution in [0.5, 0.6) is 5.75 Å². The van der Waals surface area contributed by atoms with Gasteiger partial charge in [0.05, 0.1) is 10.6 Å². The van der Waals surface area contributed by atoms with Crippen molar-refractivity contribution in [2.45, 2.75) is 39.0 Å². The van der Waals surface area contributed by atoms with E-state index in [1.165, 1.54) is 43.9 Å². The number of hydrogen-bond donors (Lipinski definition) is 2. The smallest absolute Gasteiger partial charge is 0.252 e. The van der Waals surface area contributed by atoms with Crippen LogP contribution in [0.2, 0.25) is 5.02 Å². The molecule has 0 aliphatic heterocycles. The number of phenolic OH excluding ortho intramolecular Hbond substituents is 1. The Morgan fingerprint density at radius 2 is 2.11 bits per heavy atom. The minimum atomic E-state index is -0.208. The van der Waals surface area contributed by atoms with E-state index in [1.54, 1.807) is 0 Å². The highest BCUT2D eigenvalue weighted by atomic mass is 35.5. The first-order chi connectivity index (χ1) is 9.06. The lowest BCUT2D eigenvalue weighted by Gasteiger charge is -2.27. The van der Waals surface area contributed by atoms with Crippen molar-refractivity contribution in [2.75, 3.05) is 6.54 Å². The Morgan fingerprint density at radius 1 is 1.42 bits per heavy atom. The fraction of sp³-hybridized carbons (Fsp3) is 0.533. The largest absolute Gasteiger partial charge is 0.508 e. The molecule has 1 saturated carbocycles. The first kappa shape index (κ1) is 14.2. The van der Waals surface area contributed by atoms with E-state index < -0.39 is 0 Å². The van der Waals surface area contributed by atoms with Gasteiger partial charge in [-0.1, -0.05) is 31.4 Å². The van der Waals surface area contributed by atoms with Crippen LogP contribution in [-0.4, -0.2) is 17.6 Å². The zero-order chi connectivity index (χ0) is 13.9. The highest BCUT2D eigenvalue weighted by Gasteiger charge is 2.32. The number of nitrogens with one attached hydrogen (secondary N) is 1. The Morgan fingerprint density at radius 3 is 2.74 bits per heavy atom. The molecule has 1 amide bonds. The zero-order valence-corrected chi connectivity index (χ0v) is 12.0. The van der Waals surface area contributed by atoms with Crippen LogP contribution in [0.1, 0.15) is 49.4 Å². The Labute approximate surface area is 119 Å². The van der Waals surface area contributed by atoms with Crippen molar-refractivity contribution >= 4 is 17.5 Å². The molecule has 0 saturated heterocycles. The molecule has 4 heteroatoms. The summed E-state index contributed by atoms with van der Waals surface area (Å²) in [5.74, 6) is -0.152. The topological polar surface area (TPSA) is 49.3 Å². The molecule has 0 bridgehead atoms. The molecule has 0 spiro atoms. The predicted octanol–water partition coefficient (Wildman–Crippen LogP) is 3.75. The van der Waals surface area contributed by atoms with E-state index in [9.17, 15) is 9.90 Å². The van der Waals surface area contributed by atoms with Crippen LogP contribution in [0, 0.1) is 5.41 Å². The number of carbonyl (C=O) groups excluding carboxylic acids is 1. The van der Waals surface area contributed by atoms with Gasteiger partial charge in [-0.25, -0.2) is 0 Å². The molecule has 0 atom stereocenters. The second-order valence-electron chi connectivity index (χ2n) is 5.41. The zero-order valence-electron chi connectivity index (χ0n) is 11.2. The van der Waals surface area contributed by atoms with Crippen molar-refractivity contribution in [1.29, 1.82) is 0 Å². The Bertz CT molecular complexity index is 467. The molecule has 2 rings (SSSR count). The summed E-state index contributed by atoms with van der Waals surface area (Å²) in [5.41, 5.74) is 0.588. The first-order valence-electron chi connectivity index (χ1n) is 6.83. The third-order valence-electron chi connectivity index (χ3n) is 4.23. The van der Waals surface area contributed by atoms with E-state index in [0.29, 0.717) is 17.1 Å². The van der Waals surface area contributed by atoms with Crippen molar-refractivity contribution in [3.63, 3.8) is 0 Å². The van der Waals surface area contributed by atoms with E-state index in [0.717, 1.165) is 6.42 Å². The van der Waals surface area contributed by atoms with Gasteiger partial charge in [-0.05, 0) is 42.9 Å². The molecule has 0 aromatic heterocycles. The molecular weight excluding hydrogens is 262 g/mol. The average molecular weight is 282 g/mol. The first-order valence-corrected chi connectivity index (χ1v) is 7.21. The van der Waals surface area contributed by atoms with Gasteiger partial charge >= 0.3 is 0 Å². The molecular formula is C15H20ClNO2. The highest BCUT2D eigenvalue weighted by molar-refractivity contribution is 6.33. The lowest BCUT2D eigenvalue weighted by atomic mass is 9.83. The molecule has 0 unspecified atom stereocenters. The van der Waals surface area contributed by atoms with Gasteiger partial charge in [-0.3, -0.25) is 4.79 Å². The normalized spacial score (nSPS) is 17.4. The molecule has 0 radical (unpaired) electrons. The van der Waals surface area contributed by atoms with Crippen LogP contribution in [-0.2, 0) is 0 Å². The molecule has 1 aromatic rings. The van der Waals surface area contributed by atoms with Crippen molar-refractivity contribution in [1.82, 2.24) is 5.32 Å². The van der Waals surface area contributed by atoms with Crippen LogP contribution in [0.4, 0.5) is 0 Å². The fourth-order valence-electron chi connectivity index (χ4n) is 2.83. The van der Waals surface area contributed by atoms with Gasteiger partial charge in [-0.15, -0.1) is 0 Å². The maximum atomic E-state index is 12.1. The Balaban J connectivity index is 2.03. The number of aromatic hydroxyl groups is 1. The number of amides is 1. The SMILES string of the molecule is CCC1(CNC(=O)c2cc(O)ccc2Cl)CCCC1. The molecule has 3 nitrogen and oxygen atoms in total. The summed E-state index contributed by atoms with van der Waals surface area (Å²) in [6.45, 7) is 2.87. The van der Waals surface area contributed by atoms with Crippen LogP contribution in [0.25, 0.3) is 0 Å². The summed E-state index contributed by atoms with van der Waals surface area (Å²) in [5, 5.41) is 12.8. The molecule has 2 N–H and O–H groups in total. The van der Waals surface area contributed by atoms with Gasteiger partial charge in [0.2, 0.25) is 0 Å². The molecule has 1 aliphatic rings. The minimum Gasteiger partial charge on any atom is -0.508 e. The third-order valence-corrected chi connectivity index (χ3v) is 4.56. The van der Waals surface area contributed by atoms with Crippen LogP contribution in [0.15, 0.2) is 18.2 Å². The summed E-state index contributed by atoms with van der Waals surface area (Å²) in [4.78, 5) is 12.1. The van der Waals surface area contributed by atoms with E-state index in [2.05, 4.69) is 12.2 Å². The maximum Gasteiger partial charge on any atom is 0.252 e. The van der Waals surface area contributed by atoms with E-state index in [4.69, 9.17) is 11.6 Å². The number of carbonyl (C=O) groups is 1. The minimum absolute atomic E-state index is 0.0561. The van der Waals surface area contributed by atoms with E-state index in [-0.39, 0.29) is 17.1 Å². The van der Waals surface area contributed by atoms with E-state index >= 15 is 0 Å². The molecule has 0 heterocycles. The highest BCUT2D eigenvalue weighted by Crippen LogP contribution is 2.40. The average Bonchev–Trinajstić information content (AvgIpc) is 2.88. The van der Waals surface area contributed by atoms with Gasteiger partial charge in [0, 0.05) is 6.54 Å². The Kier molecular flexibility index (Phi) is 4.35. The quantitative estimate of drug-likeness (QED) is 0.883. The predicted molar refractivity (Wildman–Crippen MR) is 76.6 cm³/mol. The summed E-state index contributed by atoms with van der Waals surface area (Å²) in [7, 11) is 0. The number of rotatable bonds is 4. The maximum absolute atomic E-state index is 12.1. The fourth-order valence-corrected chi connectivity index (χ4v) is 3.03. The van der Waals surface area contributed by atoms with Gasteiger partial charge in [-0.2, -0.15) is 0 Å². The van der Waals surface area contributed by atoms with Crippen LogP contribution in [0.3, 0.4) is 0 Å². The van der Waals surface area contributed by atoms with Crippen LogP contribution >= 0.6 is 11.6 Å². The summed E-state index contributed by atoms with van der Waals surface area (Å²) >= 11 is 5.98. The lowest BCUT2D eigenvalue weighted by molar-refractivity contribution is 0.0928. The van der Waals surface area contributed by atoms with Gasteiger partial charge in [0.1, 0.15) is 5.75 Å². The summed E-state index contributed by atoms with van der Waals surface area (Å²) in [6.07, 6.45) is 5.93. The Hall–Kier alpha value is -1.22. The number of phenols is 1. The van der Waals surface area contributed by atoms with Crippen molar-refractivity contribution in [2.24, 2.45) is 5.41 Å². The molecule has 19 heavy (non-hydrogen) atoms. The standard InChI is InChI=1S/C15H20ClNO2/c1-2-15(7-3-4-8-15)10-17-14(19)12-9-11(18)5-6-13(12)16/h5-6,9,18H,2-4,7-8,10H2,1H3,(H,17,19). The second kappa shape index (κ2) is 5.83.